The Morgan fingerprint density at radius 1 is 1.18 bits per heavy atom. The van der Waals surface area contributed by atoms with Gasteiger partial charge in [0, 0.05) is 26.1 Å². The molecule has 1 aromatic rings. The van der Waals surface area contributed by atoms with Crippen molar-refractivity contribution in [2.75, 3.05) is 13.1 Å². The van der Waals surface area contributed by atoms with Gasteiger partial charge in [-0.2, -0.15) is 0 Å². The number of nitrogens with zero attached hydrogens (tertiary/aromatic N) is 5. The molecule has 0 aliphatic carbocycles. The first-order chi connectivity index (χ1) is 10.2. The predicted octanol–water partition coefficient (Wildman–Crippen LogP) is 2.17. The molecule has 7 heteroatoms. The van der Waals surface area contributed by atoms with Gasteiger partial charge in [-0.3, -0.25) is 0 Å². The van der Waals surface area contributed by atoms with E-state index in [-0.39, 0.29) is 24.0 Å². The number of hydrogen-bond donors (Lipinski definition) is 1. The number of fused-ring (bicyclic) bond motifs is 1. The zero-order valence-electron chi connectivity index (χ0n) is 13.4. The van der Waals surface area contributed by atoms with E-state index in [0.717, 1.165) is 43.6 Å². The molecule has 0 spiro atoms. The van der Waals surface area contributed by atoms with Gasteiger partial charge < -0.3 is 15.2 Å². The zero-order valence-corrected chi connectivity index (χ0v) is 15.7. The van der Waals surface area contributed by atoms with Crippen LogP contribution in [0, 0.1) is 5.92 Å². The van der Waals surface area contributed by atoms with Crippen molar-refractivity contribution in [3.63, 3.8) is 0 Å². The van der Waals surface area contributed by atoms with Gasteiger partial charge in [0.15, 0.2) is 11.8 Å². The number of nitrogens with two attached hydrogens (primary N) is 1. The molecule has 2 N–H and O–H groups in total. The Hall–Kier alpha value is -0.860. The van der Waals surface area contributed by atoms with Crippen LogP contribution in [0.25, 0.3) is 0 Å². The summed E-state index contributed by atoms with van der Waals surface area (Å²) in [6.07, 6.45) is 7.15. The normalized spacial score (nSPS) is 20.2. The van der Waals surface area contributed by atoms with Crippen LogP contribution < -0.4 is 5.73 Å². The monoisotopic (exact) mass is 418 g/mol. The van der Waals surface area contributed by atoms with Gasteiger partial charge in [-0.15, -0.1) is 34.2 Å². The number of aromatic nitrogens is 3. The number of aryl methyl sites for hydroxylation is 1. The fourth-order valence-corrected chi connectivity index (χ4v) is 3.15. The summed E-state index contributed by atoms with van der Waals surface area (Å²) >= 11 is 0. The van der Waals surface area contributed by atoms with E-state index in [1.807, 2.05) is 0 Å². The van der Waals surface area contributed by atoms with E-state index in [2.05, 4.69) is 31.6 Å². The molecule has 124 valence electrons. The summed E-state index contributed by atoms with van der Waals surface area (Å²) in [6, 6.07) is 0. The summed E-state index contributed by atoms with van der Waals surface area (Å²) < 4.78 is 2.24. The van der Waals surface area contributed by atoms with Crippen LogP contribution in [-0.4, -0.2) is 38.7 Å². The number of hydrogen-bond acceptors (Lipinski definition) is 3. The lowest BCUT2D eigenvalue weighted by atomic mass is 10.00. The highest BCUT2D eigenvalue weighted by molar-refractivity contribution is 14.0. The molecule has 0 amide bonds. The van der Waals surface area contributed by atoms with Crippen molar-refractivity contribution < 1.29 is 0 Å². The van der Waals surface area contributed by atoms with Crippen LogP contribution in [-0.2, 0) is 19.5 Å². The Balaban J connectivity index is 0.00000176. The molecule has 0 radical (unpaired) electrons. The quantitative estimate of drug-likeness (QED) is 0.454. The number of aliphatic imine (C=N–C) groups is 1. The molecule has 6 nitrogen and oxygen atoms in total. The van der Waals surface area contributed by atoms with Gasteiger partial charge in [-0.25, -0.2) is 4.99 Å². The minimum atomic E-state index is 0. The van der Waals surface area contributed by atoms with Crippen molar-refractivity contribution in [3.05, 3.63) is 11.6 Å². The van der Waals surface area contributed by atoms with Crippen LogP contribution in [0.4, 0.5) is 0 Å². The Morgan fingerprint density at radius 3 is 2.73 bits per heavy atom. The second-order valence-corrected chi connectivity index (χ2v) is 6.34. The van der Waals surface area contributed by atoms with Gasteiger partial charge in [-0.05, 0) is 31.6 Å². The summed E-state index contributed by atoms with van der Waals surface area (Å²) in [7, 11) is 0. The summed E-state index contributed by atoms with van der Waals surface area (Å²) in [5.41, 5.74) is 6.14. The first kappa shape index (κ1) is 17.5. The molecule has 0 aromatic carbocycles. The van der Waals surface area contributed by atoms with Crippen molar-refractivity contribution in [1.29, 1.82) is 0 Å². The third-order valence-corrected chi connectivity index (χ3v) is 4.68. The van der Waals surface area contributed by atoms with Gasteiger partial charge in [0.05, 0.1) is 0 Å². The molecule has 1 saturated heterocycles. The van der Waals surface area contributed by atoms with E-state index in [4.69, 9.17) is 5.73 Å². The second kappa shape index (κ2) is 8.12. The van der Waals surface area contributed by atoms with Crippen LogP contribution in [0.1, 0.15) is 50.7 Å². The van der Waals surface area contributed by atoms with Crippen molar-refractivity contribution in [3.8, 4) is 0 Å². The van der Waals surface area contributed by atoms with Gasteiger partial charge in [0.25, 0.3) is 0 Å². The maximum atomic E-state index is 6.14. The topological polar surface area (TPSA) is 72.3 Å². The average molecular weight is 418 g/mol. The van der Waals surface area contributed by atoms with Crippen molar-refractivity contribution in [2.24, 2.45) is 16.6 Å². The molecule has 1 fully saturated rings. The minimum absolute atomic E-state index is 0. The maximum absolute atomic E-state index is 6.14. The molecule has 3 rings (SSSR count). The number of likely N-dealkylation sites (tertiary alicyclic amines) is 1. The molecule has 0 atom stereocenters. The van der Waals surface area contributed by atoms with Gasteiger partial charge in [-0.1, -0.05) is 13.3 Å². The second-order valence-electron chi connectivity index (χ2n) is 6.34. The minimum Gasteiger partial charge on any atom is -0.370 e. The molecule has 0 unspecified atom stereocenters. The molecular weight excluding hydrogens is 391 g/mol. The molecule has 2 aliphatic rings. The summed E-state index contributed by atoms with van der Waals surface area (Å²) in [6.45, 7) is 5.91. The molecule has 2 aliphatic heterocycles. The van der Waals surface area contributed by atoms with Crippen LogP contribution in [0.15, 0.2) is 4.99 Å². The fraction of sp³-hybridized carbons (Fsp3) is 0.800. The van der Waals surface area contributed by atoms with E-state index in [9.17, 15) is 0 Å². The molecular formula is C15H27IN6. The van der Waals surface area contributed by atoms with E-state index >= 15 is 0 Å². The highest BCUT2D eigenvalue weighted by atomic mass is 127. The standard InChI is InChI=1S/C15H26N6.HI/c1-12-6-9-20(10-7-12)15(16)17-11-14-19-18-13-5-3-2-4-8-21(13)14;/h12H,2-11H2,1H3,(H2,16,17);1H. The van der Waals surface area contributed by atoms with Crippen molar-refractivity contribution in [1.82, 2.24) is 19.7 Å². The lowest BCUT2D eigenvalue weighted by Gasteiger charge is -2.30. The summed E-state index contributed by atoms with van der Waals surface area (Å²) in [5.74, 6) is 3.54. The van der Waals surface area contributed by atoms with Crippen molar-refractivity contribution >= 4 is 29.9 Å². The predicted molar refractivity (Wildman–Crippen MR) is 98.3 cm³/mol. The molecule has 0 bridgehead atoms. The number of guanidine groups is 1. The third-order valence-electron chi connectivity index (χ3n) is 4.68. The van der Waals surface area contributed by atoms with Crippen LogP contribution in [0.3, 0.4) is 0 Å². The van der Waals surface area contributed by atoms with Crippen LogP contribution in [0.2, 0.25) is 0 Å². The average Bonchev–Trinajstić information content (AvgIpc) is 2.72. The lowest BCUT2D eigenvalue weighted by molar-refractivity contribution is 0.277. The first-order valence-electron chi connectivity index (χ1n) is 8.20. The summed E-state index contributed by atoms with van der Waals surface area (Å²) in [4.78, 5) is 6.75. The van der Waals surface area contributed by atoms with Gasteiger partial charge in [0.1, 0.15) is 12.4 Å². The number of piperidine rings is 1. The SMILES string of the molecule is CC1CCN(C(N)=NCc2nnc3n2CCCCC3)CC1.I. The molecule has 3 heterocycles. The third kappa shape index (κ3) is 4.11. The Bertz CT molecular complexity index is 504. The van der Waals surface area contributed by atoms with Crippen molar-refractivity contribution in [2.45, 2.75) is 58.5 Å². The maximum Gasteiger partial charge on any atom is 0.191 e. The fourth-order valence-electron chi connectivity index (χ4n) is 3.15. The van der Waals surface area contributed by atoms with E-state index in [0.29, 0.717) is 12.5 Å². The molecule has 22 heavy (non-hydrogen) atoms. The smallest absolute Gasteiger partial charge is 0.191 e. The number of halogens is 1. The molecule has 0 saturated carbocycles. The highest BCUT2D eigenvalue weighted by Gasteiger charge is 2.18. The van der Waals surface area contributed by atoms with Gasteiger partial charge in [0.2, 0.25) is 0 Å². The van der Waals surface area contributed by atoms with E-state index in [1.165, 1.54) is 32.1 Å². The Labute approximate surface area is 149 Å². The number of rotatable bonds is 2. The summed E-state index contributed by atoms with van der Waals surface area (Å²) in [5, 5.41) is 8.61. The Kier molecular flexibility index (Phi) is 6.46. The van der Waals surface area contributed by atoms with Crippen LogP contribution in [0.5, 0.6) is 0 Å². The zero-order chi connectivity index (χ0) is 14.7. The first-order valence-corrected chi connectivity index (χ1v) is 8.20. The highest BCUT2D eigenvalue weighted by Crippen LogP contribution is 2.17. The van der Waals surface area contributed by atoms with Crippen LogP contribution >= 0.6 is 24.0 Å². The molecule has 1 aromatic heterocycles. The van der Waals surface area contributed by atoms with E-state index < -0.39 is 0 Å². The Morgan fingerprint density at radius 2 is 1.95 bits per heavy atom. The largest absolute Gasteiger partial charge is 0.370 e. The van der Waals surface area contributed by atoms with E-state index in [1.54, 1.807) is 0 Å². The van der Waals surface area contributed by atoms with Gasteiger partial charge >= 0.3 is 0 Å². The lowest BCUT2D eigenvalue weighted by Crippen LogP contribution is -2.42.